The van der Waals surface area contributed by atoms with Crippen LogP contribution in [0, 0.1) is 0 Å². The molecule has 0 saturated heterocycles. The van der Waals surface area contributed by atoms with Crippen LogP contribution in [-0.4, -0.2) is 26.7 Å². The lowest BCUT2D eigenvalue weighted by Crippen LogP contribution is -2.19. The molecule has 0 unspecified atom stereocenters. The number of ether oxygens (including phenoxy) is 1. The Hall–Kier alpha value is -1.30. The Kier molecular flexibility index (Phi) is 3.90. The first-order chi connectivity index (χ1) is 7.03. The van der Waals surface area contributed by atoms with Crippen molar-refractivity contribution in [1.29, 1.82) is 0 Å². The first-order valence-electron chi connectivity index (χ1n) is 4.42. The molecule has 1 aromatic rings. The van der Waals surface area contributed by atoms with Gasteiger partial charge in [0.15, 0.2) is 9.84 Å². The molecular formula is C9H12O5S. The largest absolute Gasteiger partial charge is 0.468 e. The summed E-state index contributed by atoms with van der Waals surface area (Å²) < 4.78 is 32.3. The average molecular weight is 232 g/mol. The molecule has 0 saturated carbocycles. The Morgan fingerprint density at radius 3 is 2.80 bits per heavy atom. The highest BCUT2D eigenvalue weighted by atomic mass is 32.2. The van der Waals surface area contributed by atoms with E-state index in [1.165, 1.54) is 6.26 Å². The molecule has 0 N–H and O–H groups in total. The van der Waals surface area contributed by atoms with Crippen molar-refractivity contribution in [1.82, 2.24) is 0 Å². The molecule has 1 heterocycles. The Labute approximate surface area is 88.0 Å². The summed E-state index contributed by atoms with van der Waals surface area (Å²) in [4.78, 5) is 11.0. The number of furan rings is 1. The van der Waals surface area contributed by atoms with E-state index in [-0.39, 0.29) is 12.4 Å². The van der Waals surface area contributed by atoms with Crippen molar-refractivity contribution in [3.63, 3.8) is 0 Å². The van der Waals surface area contributed by atoms with Gasteiger partial charge in [-0.2, -0.15) is 0 Å². The topological polar surface area (TPSA) is 73.6 Å². The summed E-state index contributed by atoms with van der Waals surface area (Å²) in [5, 5.41) is 0. The zero-order valence-corrected chi connectivity index (χ0v) is 9.12. The summed E-state index contributed by atoms with van der Waals surface area (Å²) in [5.41, 5.74) is 0. The Balaban J connectivity index is 2.57. The number of esters is 1. The average Bonchev–Trinajstić information content (AvgIpc) is 2.54. The summed E-state index contributed by atoms with van der Waals surface area (Å²) in [5.74, 6) is -1.30. The van der Waals surface area contributed by atoms with Crippen LogP contribution in [0.25, 0.3) is 0 Å². The van der Waals surface area contributed by atoms with Crippen LogP contribution in [0.2, 0.25) is 0 Å². The number of carbonyl (C=O) groups excluding carboxylic acids is 1. The van der Waals surface area contributed by atoms with Crippen LogP contribution < -0.4 is 0 Å². The van der Waals surface area contributed by atoms with Crippen LogP contribution in [0.3, 0.4) is 0 Å². The summed E-state index contributed by atoms with van der Waals surface area (Å²) in [7, 11) is -3.49. The Morgan fingerprint density at radius 2 is 2.27 bits per heavy atom. The summed E-state index contributed by atoms with van der Waals surface area (Å²) in [6.07, 6.45) is 1.38. The van der Waals surface area contributed by atoms with Gasteiger partial charge in [0.05, 0.1) is 12.9 Å². The van der Waals surface area contributed by atoms with Gasteiger partial charge >= 0.3 is 5.97 Å². The van der Waals surface area contributed by atoms with E-state index in [4.69, 9.17) is 4.42 Å². The van der Waals surface area contributed by atoms with Crippen molar-refractivity contribution in [2.24, 2.45) is 0 Å². The normalized spacial score (nSPS) is 11.3. The van der Waals surface area contributed by atoms with Gasteiger partial charge in [-0.25, -0.2) is 8.42 Å². The van der Waals surface area contributed by atoms with Crippen molar-refractivity contribution < 1.29 is 22.4 Å². The number of sulfone groups is 1. The van der Waals surface area contributed by atoms with Crippen LogP contribution in [0.1, 0.15) is 12.7 Å². The summed E-state index contributed by atoms with van der Waals surface area (Å²) >= 11 is 0. The SMILES string of the molecule is CCOC(=O)CS(=O)(=O)Cc1ccco1. The molecule has 15 heavy (non-hydrogen) atoms. The van der Waals surface area contributed by atoms with Crippen molar-refractivity contribution >= 4 is 15.8 Å². The number of hydrogen-bond donors (Lipinski definition) is 0. The van der Waals surface area contributed by atoms with E-state index in [0.29, 0.717) is 5.76 Å². The standard InChI is InChI=1S/C9H12O5S/c1-2-13-9(10)7-15(11,12)6-8-4-3-5-14-8/h3-5H,2,6-7H2,1H3. The molecule has 0 aliphatic carbocycles. The van der Waals surface area contributed by atoms with Gasteiger partial charge in [0.2, 0.25) is 0 Å². The van der Waals surface area contributed by atoms with Crippen molar-refractivity contribution in [2.75, 3.05) is 12.4 Å². The van der Waals surface area contributed by atoms with Gasteiger partial charge in [-0.3, -0.25) is 4.79 Å². The van der Waals surface area contributed by atoms with Crippen LogP contribution in [0.4, 0.5) is 0 Å². The van der Waals surface area contributed by atoms with Gasteiger partial charge in [-0.1, -0.05) is 0 Å². The predicted octanol–water partition coefficient (Wildman–Crippen LogP) is 0.757. The van der Waals surface area contributed by atoms with Crippen molar-refractivity contribution in [3.05, 3.63) is 24.2 Å². The first kappa shape index (κ1) is 11.8. The fourth-order valence-electron chi connectivity index (χ4n) is 1.04. The molecule has 0 radical (unpaired) electrons. The Bertz CT molecular complexity index is 404. The smallest absolute Gasteiger partial charge is 0.321 e. The molecule has 5 nitrogen and oxygen atoms in total. The lowest BCUT2D eigenvalue weighted by atomic mass is 10.5. The maximum Gasteiger partial charge on any atom is 0.321 e. The number of rotatable bonds is 5. The van der Waals surface area contributed by atoms with E-state index in [1.54, 1.807) is 19.1 Å². The predicted molar refractivity (Wildman–Crippen MR) is 52.8 cm³/mol. The quantitative estimate of drug-likeness (QED) is 0.700. The van der Waals surface area contributed by atoms with Crippen LogP contribution in [0.15, 0.2) is 22.8 Å². The van der Waals surface area contributed by atoms with Crippen molar-refractivity contribution in [3.8, 4) is 0 Å². The highest BCUT2D eigenvalue weighted by molar-refractivity contribution is 7.91. The van der Waals surface area contributed by atoms with E-state index in [0.717, 1.165) is 0 Å². The molecule has 1 rings (SSSR count). The molecule has 6 heteroatoms. The second kappa shape index (κ2) is 4.97. The lowest BCUT2D eigenvalue weighted by Gasteiger charge is -2.02. The molecule has 0 aliphatic heterocycles. The molecular weight excluding hydrogens is 220 g/mol. The van der Waals surface area contributed by atoms with E-state index in [2.05, 4.69) is 4.74 Å². The third kappa shape index (κ3) is 4.16. The van der Waals surface area contributed by atoms with Crippen LogP contribution in [-0.2, 0) is 25.1 Å². The van der Waals surface area contributed by atoms with E-state index >= 15 is 0 Å². The number of hydrogen-bond acceptors (Lipinski definition) is 5. The summed E-state index contributed by atoms with van der Waals surface area (Å²) in [6.45, 7) is 1.80. The third-order valence-electron chi connectivity index (χ3n) is 1.59. The fourth-order valence-corrected chi connectivity index (χ4v) is 2.19. The van der Waals surface area contributed by atoms with E-state index < -0.39 is 21.6 Å². The molecule has 0 atom stereocenters. The zero-order valence-electron chi connectivity index (χ0n) is 8.30. The Morgan fingerprint density at radius 1 is 1.53 bits per heavy atom. The second-order valence-corrected chi connectivity index (χ2v) is 4.98. The van der Waals surface area contributed by atoms with Gasteiger partial charge in [-0.15, -0.1) is 0 Å². The summed E-state index contributed by atoms with van der Waals surface area (Å²) in [6, 6.07) is 3.14. The molecule has 0 bridgehead atoms. The maximum atomic E-state index is 11.4. The highest BCUT2D eigenvalue weighted by Gasteiger charge is 2.19. The minimum atomic E-state index is -3.49. The molecule has 0 amide bonds. The monoisotopic (exact) mass is 232 g/mol. The molecule has 1 aromatic heterocycles. The molecule has 0 spiro atoms. The molecule has 0 aromatic carbocycles. The highest BCUT2D eigenvalue weighted by Crippen LogP contribution is 2.07. The lowest BCUT2D eigenvalue weighted by molar-refractivity contribution is -0.139. The molecule has 0 fully saturated rings. The minimum absolute atomic E-state index is 0.176. The van der Waals surface area contributed by atoms with Crippen molar-refractivity contribution in [2.45, 2.75) is 12.7 Å². The maximum absolute atomic E-state index is 11.4. The molecule has 84 valence electrons. The first-order valence-corrected chi connectivity index (χ1v) is 6.24. The van der Waals surface area contributed by atoms with Gasteiger partial charge in [0.25, 0.3) is 0 Å². The van der Waals surface area contributed by atoms with Gasteiger partial charge < -0.3 is 9.15 Å². The number of carbonyl (C=O) groups is 1. The van der Waals surface area contributed by atoms with Crippen LogP contribution >= 0.6 is 0 Å². The van der Waals surface area contributed by atoms with Crippen LogP contribution in [0.5, 0.6) is 0 Å². The van der Waals surface area contributed by atoms with Gasteiger partial charge in [0.1, 0.15) is 17.3 Å². The van der Waals surface area contributed by atoms with Gasteiger partial charge in [-0.05, 0) is 19.1 Å². The van der Waals surface area contributed by atoms with Gasteiger partial charge in [0, 0.05) is 0 Å². The third-order valence-corrected chi connectivity index (χ3v) is 2.99. The molecule has 0 aliphatic rings. The van der Waals surface area contributed by atoms with E-state index in [1.807, 2.05) is 0 Å². The minimum Gasteiger partial charge on any atom is -0.468 e. The second-order valence-electron chi connectivity index (χ2n) is 2.92. The zero-order chi connectivity index (χ0) is 11.3. The van der Waals surface area contributed by atoms with E-state index in [9.17, 15) is 13.2 Å². The fraction of sp³-hybridized carbons (Fsp3) is 0.444.